The lowest BCUT2D eigenvalue weighted by Crippen LogP contribution is -2.45. The maximum Gasteiger partial charge on any atom is 0.0931 e. The molecule has 0 aliphatic carbocycles. The summed E-state index contributed by atoms with van der Waals surface area (Å²) >= 11 is 9.51. The van der Waals surface area contributed by atoms with E-state index in [4.69, 9.17) is 16.3 Å². The molecule has 0 radical (unpaired) electrons. The molecule has 3 rings (SSSR count). The van der Waals surface area contributed by atoms with E-state index >= 15 is 0 Å². The van der Waals surface area contributed by atoms with Gasteiger partial charge in [-0.1, -0.05) is 17.7 Å². The SMILES string of the molecule is CN1CCOC(CNC(c2cccs2)c2ccc(Cl)s2)C1. The van der Waals surface area contributed by atoms with E-state index in [0.29, 0.717) is 0 Å². The minimum atomic E-state index is 0.207. The van der Waals surface area contributed by atoms with Gasteiger partial charge in [-0.25, -0.2) is 0 Å². The zero-order valence-electron chi connectivity index (χ0n) is 11.9. The molecule has 2 aromatic rings. The summed E-state index contributed by atoms with van der Waals surface area (Å²) in [7, 11) is 2.14. The number of ether oxygens (including phenoxy) is 1. The molecule has 3 nitrogen and oxygen atoms in total. The molecule has 21 heavy (non-hydrogen) atoms. The van der Waals surface area contributed by atoms with E-state index in [-0.39, 0.29) is 12.1 Å². The Kier molecular flexibility index (Phi) is 5.32. The van der Waals surface area contributed by atoms with E-state index in [1.807, 2.05) is 6.07 Å². The predicted octanol–water partition coefficient (Wildman–Crippen LogP) is 3.47. The second kappa shape index (κ2) is 7.22. The average molecular weight is 343 g/mol. The van der Waals surface area contributed by atoms with Gasteiger partial charge in [0.25, 0.3) is 0 Å². The minimum Gasteiger partial charge on any atom is -0.374 e. The highest BCUT2D eigenvalue weighted by Gasteiger charge is 2.22. The van der Waals surface area contributed by atoms with Crippen molar-refractivity contribution in [3.05, 3.63) is 43.7 Å². The molecule has 1 saturated heterocycles. The fourth-order valence-electron chi connectivity index (χ4n) is 2.52. The summed E-state index contributed by atoms with van der Waals surface area (Å²) in [6.45, 7) is 3.67. The van der Waals surface area contributed by atoms with E-state index < -0.39 is 0 Å². The van der Waals surface area contributed by atoms with Gasteiger partial charge in [0.05, 0.1) is 23.1 Å². The monoisotopic (exact) mass is 342 g/mol. The highest BCUT2D eigenvalue weighted by molar-refractivity contribution is 7.16. The van der Waals surface area contributed by atoms with Crippen molar-refractivity contribution >= 4 is 34.3 Å². The fraction of sp³-hybridized carbons (Fsp3) is 0.467. The Labute approximate surface area is 138 Å². The summed E-state index contributed by atoms with van der Waals surface area (Å²) in [4.78, 5) is 4.89. The minimum absolute atomic E-state index is 0.207. The lowest BCUT2D eigenvalue weighted by molar-refractivity contribution is -0.0187. The summed E-state index contributed by atoms with van der Waals surface area (Å²) in [5.41, 5.74) is 0. The van der Waals surface area contributed by atoms with Crippen molar-refractivity contribution in [3.63, 3.8) is 0 Å². The number of likely N-dealkylation sites (N-methyl/N-ethyl adjacent to an activating group) is 1. The number of thiophene rings is 2. The third-order valence-corrected chi connectivity index (χ3v) is 5.83. The topological polar surface area (TPSA) is 24.5 Å². The third kappa shape index (κ3) is 4.06. The maximum absolute atomic E-state index is 6.10. The van der Waals surface area contributed by atoms with E-state index in [1.54, 1.807) is 22.7 Å². The highest BCUT2D eigenvalue weighted by atomic mass is 35.5. The van der Waals surface area contributed by atoms with Crippen LogP contribution in [0.25, 0.3) is 0 Å². The zero-order chi connectivity index (χ0) is 14.7. The average Bonchev–Trinajstić information content (AvgIpc) is 3.12. The molecule has 0 amide bonds. The Morgan fingerprint density at radius 2 is 2.33 bits per heavy atom. The van der Waals surface area contributed by atoms with Crippen LogP contribution >= 0.6 is 34.3 Å². The predicted molar refractivity (Wildman–Crippen MR) is 90.7 cm³/mol. The van der Waals surface area contributed by atoms with Crippen molar-refractivity contribution < 1.29 is 4.74 Å². The van der Waals surface area contributed by atoms with Gasteiger partial charge >= 0.3 is 0 Å². The van der Waals surface area contributed by atoms with Gasteiger partial charge in [0, 0.05) is 29.4 Å². The second-order valence-electron chi connectivity index (χ2n) is 5.25. The van der Waals surface area contributed by atoms with E-state index in [1.165, 1.54) is 9.75 Å². The lowest BCUT2D eigenvalue weighted by Gasteiger charge is -2.31. The fourth-order valence-corrected chi connectivity index (χ4v) is 4.57. The number of halogens is 1. The largest absolute Gasteiger partial charge is 0.374 e. The molecule has 3 heterocycles. The van der Waals surface area contributed by atoms with E-state index in [9.17, 15) is 0 Å². The van der Waals surface area contributed by atoms with Crippen LogP contribution in [0, 0.1) is 0 Å². The molecule has 1 N–H and O–H groups in total. The van der Waals surface area contributed by atoms with Crippen LogP contribution in [0.1, 0.15) is 15.8 Å². The standard InChI is InChI=1S/C15H19ClN2OS2/c1-18-6-7-19-11(10-18)9-17-15(12-3-2-8-20-12)13-4-5-14(16)21-13/h2-5,8,11,15,17H,6-7,9-10H2,1H3. The number of hydrogen-bond donors (Lipinski definition) is 1. The Morgan fingerprint density at radius 3 is 3.00 bits per heavy atom. The molecule has 0 bridgehead atoms. The highest BCUT2D eigenvalue weighted by Crippen LogP contribution is 2.33. The van der Waals surface area contributed by atoms with Crippen LogP contribution in [0.5, 0.6) is 0 Å². The Bertz CT molecular complexity index is 558. The molecular weight excluding hydrogens is 324 g/mol. The first kappa shape index (κ1) is 15.5. The summed E-state index contributed by atoms with van der Waals surface area (Å²) in [6.07, 6.45) is 0.252. The van der Waals surface area contributed by atoms with Crippen molar-refractivity contribution in [2.75, 3.05) is 33.3 Å². The molecule has 0 spiro atoms. The molecule has 0 saturated carbocycles. The van der Waals surface area contributed by atoms with E-state index in [0.717, 1.165) is 30.6 Å². The second-order valence-corrected chi connectivity index (χ2v) is 7.98. The molecular formula is C15H19ClN2OS2. The van der Waals surface area contributed by atoms with Gasteiger partial charge in [0.2, 0.25) is 0 Å². The summed E-state index contributed by atoms with van der Waals surface area (Å²) < 4.78 is 6.67. The summed E-state index contributed by atoms with van der Waals surface area (Å²) in [5.74, 6) is 0. The maximum atomic E-state index is 6.10. The van der Waals surface area contributed by atoms with Gasteiger partial charge in [-0.3, -0.25) is 0 Å². The number of morpholine rings is 1. The number of rotatable bonds is 5. The first-order valence-corrected chi connectivity index (χ1v) is 9.12. The van der Waals surface area contributed by atoms with E-state index in [2.05, 4.69) is 40.8 Å². The van der Waals surface area contributed by atoms with Gasteiger partial charge in [-0.2, -0.15) is 0 Å². The smallest absolute Gasteiger partial charge is 0.0931 e. The molecule has 6 heteroatoms. The summed E-state index contributed by atoms with van der Waals surface area (Å²) in [5, 5.41) is 5.77. The molecule has 2 aromatic heterocycles. The quantitative estimate of drug-likeness (QED) is 0.900. The molecule has 2 unspecified atom stereocenters. The number of hydrogen-bond acceptors (Lipinski definition) is 5. The van der Waals surface area contributed by atoms with Crippen molar-refractivity contribution in [3.8, 4) is 0 Å². The van der Waals surface area contributed by atoms with Crippen LogP contribution in [0.15, 0.2) is 29.6 Å². The third-order valence-electron chi connectivity index (χ3n) is 3.60. The van der Waals surface area contributed by atoms with Crippen molar-refractivity contribution in [1.82, 2.24) is 10.2 Å². The van der Waals surface area contributed by atoms with Gasteiger partial charge in [-0.05, 0) is 30.6 Å². The molecule has 1 fully saturated rings. The van der Waals surface area contributed by atoms with Crippen molar-refractivity contribution in [2.45, 2.75) is 12.1 Å². The molecule has 2 atom stereocenters. The van der Waals surface area contributed by atoms with Gasteiger partial charge in [-0.15, -0.1) is 22.7 Å². The van der Waals surface area contributed by atoms with Crippen LogP contribution in [0.2, 0.25) is 4.34 Å². The van der Waals surface area contributed by atoms with Gasteiger partial charge in [0.15, 0.2) is 0 Å². The van der Waals surface area contributed by atoms with Crippen molar-refractivity contribution in [1.29, 1.82) is 0 Å². The molecule has 114 valence electrons. The first-order chi connectivity index (χ1) is 10.2. The van der Waals surface area contributed by atoms with Crippen molar-refractivity contribution in [2.24, 2.45) is 0 Å². The van der Waals surface area contributed by atoms with Gasteiger partial charge < -0.3 is 15.0 Å². The van der Waals surface area contributed by atoms with Crippen LogP contribution in [-0.4, -0.2) is 44.3 Å². The normalized spacial score (nSPS) is 21.5. The van der Waals surface area contributed by atoms with Crippen LogP contribution in [0.4, 0.5) is 0 Å². The molecule has 0 aromatic carbocycles. The Morgan fingerprint density at radius 1 is 1.43 bits per heavy atom. The number of nitrogens with zero attached hydrogens (tertiary/aromatic N) is 1. The summed E-state index contributed by atoms with van der Waals surface area (Å²) in [6, 6.07) is 8.55. The van der Waals surface area contributed by atoms with Gasteiger partial charge in [0.1, 0.15) is 0 Å². The van der Waals surface area contributed by atoms with Crippen LogP contribution in [-0.2, 0) is 4.74 Å². The van der Waals surface area contributed by atoms with Crippen LogP contribution < -0.4 is 5.32 Å². The zero-order valence-corrected chi connectivity index (χ0v) is 14.3. The Balaban J connectivity index is 1.68. The van der Waals surface area contributed by atoms with Crippen LogP contribution in [0.3, 0.4) is 0 Å². The first-order valence-electron chi connectivity index (χ1n) is 7.04. The lowest BCUT2D eigenvalue weighted by atomic mass is 10.2. The molecule has 1 aliphatic heterocycles. The number of nitrogens with one attached hydrogen (secondary N) is 1. The Hall–Kier alpha value is -0.430. The molecule has 1 aliphatic rings.